The summed E-state index contributed by atoms with van der Waals surface area (Å²) in [4.78, 5) is 19.9. The number of alkyl halides is 4. The van der Waals surface area contributed by atoms with E-state index in [-0.39, 0.29) is 0 Å². The van der Waals surface area contributed by atoms with Crippen molar-refractivity contribution in [2.24, 2.45) is 5.18 Å². The van der Waals surface area contributed by atoms with Gasteiger partial charge in [0.25, 0.3) is 0 Å². The second-order valence-electron chi connectivity index (χ2n) is 1.93. The Kier molecular flexibility index (Phi) is 3.33. The fourth-order valence-corrected chi connectivity index (χ4v) is 0.431. The third-order valence-electron chi connectivity index (χ3n) is 1.05. The monoisotopic (exact) mass is 203 g/mol. The van der Waals surface area contributed by atoms with Crippen LogP contribution in [0.25, 0.3) is 0 Å². The third-order valence-corrected chi connectivity index (χ3v) is 1.05. The molecule has 0 saturated heterocycles. The van der Waals surface area contributed by atoms with Crippen molar-refractivity contribution in [3.05, 3.63) is 4.91 Å². The van der Waals surface area contributed by atoms with Gasteiger partial charge in [0.1, 0.15) is 0 Å². The van der Waals surface area contributed by atoms with Gasteiger partial charge < -0.3 is 4.74 Å². The van der Waals surface area contributed by atoms with Gasteiger partial charge in [-0.05, 0) is 12.1 Å². The van der Waals surface area contributed by atoms with Crippen molar-refractivity contribution in [1.82, 2.24) is 0 Å². The standard InChI is InChI=1S/C5H5F4NO3/c1-2-13-3(11)4(6,10-12)5(7,8)9/h2H2,1H3. The van der Waals surface area contributed by atoms with Crippen LogP contribution in [0.3, 0.4) is 0 Å². The van der Waals surface area contributed by atoms with Crippen LogP contribution in [0, 0.1) is 4.91 Å². The molecule has 1 unspecified atom stereocenters. The number of ether oxygens (including phenoxy) is 1. The molecule has 0 aromatic rings. The molecule has 0 bridgehead atoms. The number of nitrogens with zero attached hydrogens (tertiary/aromatic N) is 1. The Balaban J connectivity index is 4.84. The minimum atomic E-state index is -5.69. The maximum atomic E-state index is 12.5. The van der Waals surface area contributed by atoms with E-state index in [1.54, 1.807) is 0 Å². The van der Waals surface area contributed by atoms with Crippen LogP contribution in [0.5, 0.6) is 0 Å². The number of hydrogen-bond donors (Lipinski definition) is 0. The molecular formula is C5H5F4NO3. The summed E-state index contributed by atoms with van der Waals surface area (Å²) in [5.74, 6) is -7.15. The van der Waals surface area contributed by atoms with Gasteiger partial charge >= 0.3 is 17.9 Å². The number of carbonyl (C=O) groups is 1. The molecule has 0 spiro atoms. The number of rotatable bonds is 3. The second-order valence-corrected chi connectivity index (χ2v) is 1.93. The molecule has 0 radical (unpaired) electrons. The topological polar surface area (TPSA) is 55.7 Å². The number of esters is 1. The molecule has 0 fully saturated rings. The Hall–Kier alpha value is -1.21. The zero-order valence-electron chi connectivity index (χ0n) is 6.39. The molecule has 0 aliphatic rings. The maximum Gasteiger partial charge on any atom is 0.459 e. The van der Waals surface area contributed by atoms with Crippen LogP contribution < -0.4 is 0 Å². The van der Waals surface area contributed by atoms with E-state index in [0.717, 1.165) is 5.18 Å². The van der Waals surface area contributed by atoms with Crippen molar-refractivity contribution in [2.75, 3.05) is 6.61 Å². The summed E-state index contributed by atoms with van der Waals surface area (Å²) in [6.07, 6.45) is -5.69. The van der Waals surface area contributed by atoms with Crippen molar-refractivity contribution in [1.29, 1.82) is 0 Å². The van der Waals surface area contributed by atoms with Gasteiger partial charge in [-0.1, -0.05) is 0 Å². The summed E-state index contributed by atoms with van der Waals surface area (Å²) < 4.78 is 51.4. The van der Waals surface area contributed by atoms with E-state index in [0.29, 0.717) is 0 Å². The molecule has 0 heterocycles. The van der Waals surface area contributed by atoms with Crippen LogP contribution in [0.4, 0.5) is 17.6 Å². The fraction of sp³-hybridized carbons (Fsp3) is 0.800. The van der Waals surface area contributed by atoms with E-state index in [1.807, 2.05) is 0 Å². The zero-order chi connectivity index (χ0) is 10.7. The van der Waals surface area contributed by atoms with Gasteiger partial charge in [0.15, 0.2) is 0 Å². The van der Waals surface area contributed by atoms with Gasteiger partial charge in [-0.2, -0.15) is 17.6 Å². The minimum absolute atomic E-state index is 0.476. The highest BCUT2D eigenvalue weighted by Crippen LogP contribution is 2.36. The third kappa shape index (κ3) is 2.13. The Morgan fingerprint density at radius 2 is 1.85 bits per heavy atom. The summed E-state index contributed by atoms with van der Waals surface area (Å²) in [7, 11) is 0. The van der Waals surface area contributed by atoms with Crippen LogP contribution >= 0.6 is 0 Å². The zero-order valence-corrected chi connectivity index (χ0v) is 6.39. The number of nitroso groups, excluding NO2 is 1. The average molecular weight is 203 g/mol. The largest absolute Gasteiger partial charge is 0.462 e. The van der Waals surface area contributed by atoms with Gasteiger partial charge in [0, 0.05) is 0 Å². The van der Waals surface area contributed by atoms with Gasteiger partial charge in [0.05, 0.1) is 6.61 Å². The first-order valence-corrected chi connectivity index (χ1v) is 3.07. The van der Waals surface area contributed by atoms with Crippen molar-refractivity contribution >= 4 is 5.97 Å². The molecule has 0 aliphatic heterocycles. The predicted octanol–water partition coefficient (Wildman–Crippen LogP) is 1.54. The van der Waals surface area contributed by atoms with Gasteiger partial charge in [-0.15, -0.1) is 4.91 Å². The first kappa shape index (κ1) is 11.8. The quantitative estimate of drug-likeness (QED) is 0.302. The average Bonchev–Trinajstić information content (AvgIpc) is 2.01. The first-order valence-electron chi connectivity index (χ1n) is 3.07. The van der Waals surface area contributed by atoms with E-state index >= 15 is 0 Å². The molecule has 0 saturated carbocycles. The summed E-state index contributed by atoms with van der Waals surface area (Å²) in [5, 5.41) is 1.09. The first-order chi connectivity index (χ1) is 5.79. The molecule has 0 N–H and O–H groups in total. The smallest absolute Gasteiger partial charge is 0.459 e. The van der Waals surface area contributed by atoms with E-state index in [1.165, 1.54) is 6.92 Å². The molecule has 0 amide bonds. The van der Waals surface area contributed by atoms with Crippen molar-refractivity contribution in [2.45, 2.75) is 18.9 Å². The van der Waals surface area contributed by atoms with E-state index in [9.17, 15) is 27.3 Å². The van der Waals surface area contributed by atoms with Crippen molar-refractivity contribution in [3.8, 4) is 0 Å². The highest BCUT2D eigenvalue weighted by molar-refractivity contribution is 5.80. The Morgan fingerprint density at radius 1 is 1.38 bits per heavy atom. The minimum Gasteiger partial charge on any atom is -0.462 e. The van der Waals surface area contributed by atoms with Crippen LogP contribution in [0.2, 0.25) is 0 Å². The summed E-state index contributed by atoms with van der Waals surface area (Å²) in [6, 6.07) is 0. The van der Waals surface area contributed by atoms with E-state index < -0.39 is 24.5 Å². The molecule has 0 rings (SSSR count). The number of halogens is 4. The van der Waals surface area contributed by atoms with Gasteiger partial charge in [-0.3, -0.25) is 0 Å². The van der Waals surface area contributed by atoms with Crippen LogP contribution in [-0.2, 0) is 9.53 Å². The lowest BCUT2D eigenvalue weighted by molar-refractivity contribution is -0.236. The van der Waals surface area contributed by atoms with Crippen LogP contribution in [-0.4, -0.2) is 24.5 Å². The lowest BCUT2D eigenvalue weighted by Gasteiger charge is -2.17. The maximum absolute atomic E-state index is 12.5. The Bertz CT molecular complexity index is 216. The SMILES string of the molecule is CCOC(=O)C(F)(N=O)C(F)(F)F. The van der Waals surface area contributed by atoms with E-state index in [2.05, 4.69) is 4.74 Å². The number of hydrogen-bond acceptors (Lipinski definition) is 4. The molecule has 1 atom stereocenters. The highest BCUT2D eigenvalue weighted by Gasteiger charge is 2.66. The van der Waals surface area contributed by atoms with Crippen LogP contribution in [0.15, 0.2) is 5.18 Å². The van der Waals surface area contributed by atoms with Gasteiger partial charge in [-0.25, -0.2) is 4.79 Å². The van der Waals surface area contributed by atoms with Crippen molar-refractivity contribution in [3.63, 3.8) is 0 Å². The van der Waals surface area contributed by atoms with Gasteiger partial charge in [0.2, 0.25) is 0 Å². The van der Waals surface area contributed by atoms with E-state index in [4.69, 9.17) is 0 Å². The summed E-state index contributed by atoms with van der Waals surface area (Å²) in [6.45, 7) is 0.690. The normalized spacial score (nSPS) is 16.1. The lowest BCUT2D eigenvalue weighted by atomic mass is 10.2. The molecule has 13 heavy (non-hydrogen) atoms. The molecule has 0 aromatic carbocycles. The summed E-state index contributed by atoms with van der Waals surface area (Å²) >= 11 is 0. The molecule has 0 aliphatic carbocycles. The highest BCUT2D eigenvalue weighted by atomic mass is 19.4. The second kappa shape index (κ2) is 3.67. The van der Waals surface area contributed by atoms with Crippen molar-refractivity contribution < 1.29 is 27.1 Å². The fourth-order valence-electron chi connectivity index (χ4n) is 0.431. The lowest BCUT2D eigenvalue weighted by Crippen LogP contribution is -2.47. The molecule has 4 nitrogen and oxygen atoms in total. The molecular weight excluding hydrogens is 198 g/mol. The predicted molar refractivity (Wildman–Crippen MR) is 32.3 cm³/mol. The molecule has 76 valence electrons. The number of carbonyl (C=O) groups excluding carboxylic acids is 1. The summed E-state index contributed by atoms with van der Waals surface area (Å²) in [5.41, 5.74) is 0. The van der Waals surface area contributed by atoms with Crippen LogP contribution in [0.1, 0.15) is 6.92 Å². The molecule has 8 heteroatoms. The molecule has 0 aromatic heterocycles. The Labute approximate surface area is 69.8 Å². The Morgan fingerprint density at radius 3 is 2.08 bits per heavy atom.